The van der Waals surface area contributed by atoms with Crippen LogP contribution in [0, 0.1) is 0 Å². The van der Waals surface area contributed by atoms with E-state index in [0.29, 0.717) is 6.07 Å². The molecular weight excluding hydrogens is 297 g/mol. The van der Waals surface area contributed by atoms with Gasteiger partial charge in [0.25, 0.3) is 0 Å². The van der Waals surface area contributed by atoms with Crippen LogP contribution in [0.25, 0.3) is 0 Å². The van der Waals surface area contributed by atoms with Gasteiger partial charge in [-0.3, -0.25) is 4.68 Å². The molecule has 2 rings (SSSR count). The highest BCUT2D eigenvalue weighted by atomic mass is 35.5. The van der Waals surface area contributed by atoms with Crippen LogP contribution < -0.4 is 4.74 Å². The first-order valence-electron chi connectivity index (χ1n) is 5.59. The number of aromatic nitrogens is 4. The monoisotopic (exact) mass is 306 g/mol. The Morgan fingerprint density at radius 2 is 2.00 bits per heavy atom. The molecular formula is C11H10ClF3N4O. The summed E-state index contributed by atoms with van der Waals surface area (Å²) in [5, 5.41) is 3.46. The zero-order valence-corrected chi connectivity index (χ0v) is 11.3. The fourth-order valence-corrected chi connectivity index (χ4v) is 1.55. The predicted molar refractivity (Wildman–Crippen MR) is 64.7 cm³/mol. The summed E-state index contributed by atoms with van der Waals surface area (Å²) in [6, 6.07) is 0.783. The molecule has 0 saturated carbocycles. The van der Waals surface area contributed by atoms with Crippen LogP contribution in [0.5, 0.6) is 11.6 Å². The highest BCUT2D eigenvalue weighted by Crippen LogP contribution is 2.31. The second kappa shape index (κ2) is 5.28. The summed E-state index contributed by atoms with van der Waals surface area (Å²) in [4.78, 5) is 6.70. The quantitative estimate of drug-likeness (QED) is 0.811. The Balaban J connectivity index is 2.26. The zero-order chi connectivity index (χ0) is 14.9. The maximum Gasteiger partial charge on any atom is 0.433 e. The average molecular weight is 307 g/mol. The van der Waals surface area contributed by atoms with Crippen LogP contribution in [-0.4, -0.2) is 19.7 Å². The predicted octanol–water partition coefficient (Wildman–Crippen LogP) is 3.72. The second-order valence-electron chi connectivity index (χ2n) is 4.21. The van der Waals surface area contributed by atoms with E-state index in [1.165, 1.54) is 6.20 Å². The Labute approximate surface area is 117 Å². The van der Waals surface area contributed by atoms with Crippen molar-refractivity contribution in [3.05, 3.63) is 29.4 Å². The average Bonchev–Trinajstić information content (AvgIpc) is 2.75. The van der Waals surface area contributed by atoms with Gasteiger partial charge in [-0.05, 0) is 25.4 Å². The summed E-state index contributed by atoms with van der Waals surface area (Å²) in [6.45, 7) is 3.81. The molecule has 0 N–H and O–H groups in total. The molecule has 0 bridgehead atoms. The van der Waals surface area contributed by atoms with Gasteiger partial charge in [0.2, 0.25) is 11.2 Å². The van der Waals surface area contributed by atoms with E-state index in [4.69, 9.17) is 16.3 Å². The maximum absolute atomic E-state index is 12.6. The molecule has 0 amide bonds. The van der Waals surface area contributed by atoms with Crippen molar-refractivity contribution in [3.63, 3.8) is 0 Å². The lowest BCUT2D eigenvalue weighted by Gasteiger charge is -2.08. The zero-order valence-electron chi connectivity index (χ0n) is 10.5. The van der Waals surface area contributed by atoms with Crippen molar-refractivity contribution in [1.82, 2.24) is 19.7 Å². The lowest BCUT2D eigenvalue weighted by molar-refractivity contribution is -0.141. The van der Waals surface area contributed by atoms with Crippen molar-refractivity contribution in [2.24, 2.45) is 0 Å². The smallest absolute Gasteiger partial charge is 0.433 e. The summed E-state index contributed by atoms with van der Waals surface area (Å²) in [5.41, 5.74) is -1.16. The topological polar surface area (TPSA) is 52.8 Å². The Bertz CT molecular complexity index is 612. The number of nitrogens with zero attached hydrogens (tertiary/aromatic N) is 4. The van der Waals surface area contributed by atoms with Gasteiger partial charge in [0, 0.05) is 12.1 Å². The minimum absolute atomic E-state index is 0.104. The summed E-state index contributed by atoms with van der Waals surface area (Å²) in [7, 11) is 0. The highest BCUT2D eigenvalue weighted by molar-refractivity contribution is 6.28. The molecule has 9 heteroatoms. The third-order valence-corrected chi connectivity index (χ3v) is 2.46. The molecule has 0 aliphatic heterocycles. The minimum atomic E-state index is -4.62. The van der Waals surface area contributed by atoms with Crippen LogP contribution in [0.15, 0.2) is 18.5 Å². The van der Waals surface area contributed by atoms with Gasteiger partial charge >= 0.3 is 6.18 Å². The number of ether oxygens (including phenoxy) is 1. The third-order valence-electron chi connectivity index (χ3n) is 2.30. The molecule has 0 aliphatic carbocycles. The molecule has 0 spiro atoms. The normalized spacial score (nSPS) is 11.9. The van der Waals surface area contributed by atoms with E-state index in [9.17, 15) is 13.2 Å². The Morgan fingerprint density at radius 1 is 1.30 bits per heavy atom. The van der Waals surface area contributed by atoms with Crippen molar-refractivity contribution in [2.45, 2.75) is 26.1 Å². The van der Waals surface area contributed by atoms with Crippen molar-refractivity contribution >= 4 is 11.6 Å². The molecule has 0 aromatic carbocycles. The van der Waals surface area contributed by atoms with E-state index in [2.05, 4.69) is 15.1 Å². The molecule has 0 radical (unpaired) electrons. The lowest BCUT2D eigenvalue weighted by atomic mass is 10.4. The van der Waals surface area contributed by atoms with E-state index in [1.54, 1.807) is 10.9 Å². The number of rotatable bonds is 3. The number of halogens is 4. The van der Waals surface area contributed by atoms with Gasteiger partial charge in [0.1, 0.15) is 0 Å². The lowest BCUT2D eigenvalue weighted by Crippen LogP contribution is -2.09. The Hall–Kier alpha value is -1.83. The fourth-order valence-electron chi connectivity index (χ4n) is 1.37. The number of hydrogen-bond acceptors (Lipinski definition) is 4. The molecule has 0 aliphatic rings. The van der Waals surface area contributed by atoms with Gasteiger partial charge < -0.3 is 4.74 Å². The Kier molecular flexibility index (Phi) is 3.85. The molecule has 108 valence electrons. The molecule has 2 aromatic rings. The van der Waals surface area contributed by atoms with Crippen LogP contribution in [0.3, 0.4) is 0 Å². The second-order valence-corrected chi connectivity index (χ2v) is 4.55. The van der Waals surface area contributed by atoms with Gasteiger partial charge in [-0.15, -0.1) is 0 Å². The van der Waals surface area contributed by atoms with Gasteiger partial charge in [-0.25, -0.2) is 4.98 Å². The molecule has 0 fully saturated rings. The van der Waals surface area contributed by atoms with Crippen molar-refractivity contribution in [3.8, 4) is 11.6 Å². The van der Waals surface area contributed by atoms with E-state index in [-0.39, 0.29) is 17.7 Å². The van der Waals surface area contributed by atoms with E-state index < -0.39 is 17.2 Å². The first kappa shape index (κ1) is 14.6. The minimum Gasteiger partial charge on any atom is -0.436 e. The molecule has 2 heterocycles. The molecule has 5 nitrogen and oxygen atoms in total. The summed E-state index contributed by atoms with van der Waals surface area (Å²) < 4.78 is 44.5. The molecule has 0 saturated heterocycles. The van der Waals surface area contributed by atoms with E-state index >= 15 is 0 Å². The van der Waals surface area contributed by atoms with Crippen LogP contribution >= 0.6 is 11.6 Å². The van der Waals surface area contributed by atoms with Gasteiger partial charge in [-0.2, -0.15) is 23.3 Å². The standard InChI is InChI=1S/C11H10ClF3N4O/c1-6(2)19-5-7(4-16-19)20-9-3-8(11(13,14)15)17-10(12)18-9/h3-6H,1-2H3. The Morgan fingerprint density at radius 3 is 2.55 bits per heavy atom. The largest absolute Gasteiger partial charge is 0.436 e. The third kappa shape index (κ3) is 3.38. The first-order chi connectivity index (χ1) is 9.25. The van der Waals surface area contributed by atoms with Crippen molar-refractivity contribution < 1.29 is 17.9 Å². The molecule has 2 aromatic heterocycles. The molecule has 0 unspecified atom stereocenters. The van der Waals surface area contributed by atoms with E-state index in [1.807, 2.05) is 13.8 Å². The SMILES string of the molecule is CC(C)n1cc(Oc2cc(C(F)(F)F)nc(Cl)n2)cn1. The maximum atomic E-state index is 12.6. The van der Waals surface area contributed by atoms with Gasteiger partial charge in [-0.1, -0.05) is 0 Å². The first-order valence-corrected chi connectivity index (χ1v) is 5.97. The molecule has 20 heavy (non-hydrogen) atoms. The van der Waals surface area contributed by atoms with Crippen molar-refractivity contribution in [1.29, 1.82) is 0 Å². The number of alkyl halides is 3. The van der Waals surface area contributed by atoms with Crippen molar-refractivity contribution in [2.75, 3.05) is 0 Å². The van der Waals surface area contributed by atoms with Gasteiger partial charge in [0.05, 0.1) is 12.4 Å². The van der Waals surface area contributed by atoms with Crippen LogP contribution in [0.1, 0.15) is 25.6 Å². The summed E-state index contributed by atoms with van der Waals surface area (Å²) in [6.07, 6.45) is -1.69. The number of hydrogen-bond donors (Lipinski definition) is 0. The summed E-state index contributed by atoms with van der Waals surface area (Å²) >= 11 is 5.45. The summed E-state index contributed by atoms with van der Waals surface area (Å²) in [5.74, 6) is -0.0257. The fraction of sp³-hybridized carbons (Fsp3) is 0.364. The highest BCUT2D eigenvalue weighted by Gasteiger charge is 2.34. The van der Waals surface area contributed by atoms with Crippen LogP contribution in [0.2, 0.25) is 5.28 Å². The van der Waals surface area contributed by atoms with Crippen LogP contribution in [-0.2, 0) is 6.18 Å². The van der Waals surface area contributed by atoms with Gasteiger partial charge in [0.15, 0.2) is 11.4 Å². The van der Waals surface area contributed by atoms with E-state index in [0.717, 1.165) is 0 Å². The van der Waals surface area contributed by atoms with Crippen LogP contribution in [0.4, 0.5) is 13.2 Å². The molecule has 0 atom stereocenters.